The number of halogens is 1. The van der Waals surface area contributed by atoms with Crippen molar-refractivity contribution in [3.05, 3.63) is 33.7 Å². The molecular weight excluding hydrogens is 342 g/mol. The average molecular weight is 366 g/mol. The number of nitrogens with zero attached hydrogens (tertiary/aromatic N) is 3. The number of aromatic nitrogens is 2. The number of unbranched alkanes of at least 4 members (excludes halogenated alkanes) is 1. The molecule has 0 aliphatic heterocycles. The second kappa shape index (κ2) is 7.27. The lowest BCUT2D eigenvalue weighted by Crippen LogP contribution is -2.29. The number of hydrogen-bond acceptors (Lipinski definition) is 2. The molecule has 120 valence electrons. The van der Waals surface area contributed by atoms with Crippen LogP contribution in [-0.4, -0.2) is 33.8 Å². The van der Waals surface area contributed by atoms with Crippen LogP contribution >= 0.6 is 15.9 Å². The third kappa shape index (κ3) is 3.35. The van der Waals surface area contributed by atoms with Crippen molar-refractivity contribution in [3.8, 4) is 0 Å². The quantitative estimate of drug-likeness (QED) is 0.767. The largest absolute Gasteiger partial charge is 0.340 e. The second-order valence-electron chi connectivity index (χ2n) is 5.77. The maximum Gasteiger partial charge on any atom is 0.272 e. The topological polar surface area (TPSA) is 37.6 Å². The standard InChI is InChI=1S/C17H24BrN3O/c1-5-7-9-20(4)17(22)15-14(8-6-2)19-16-12(3)10-13(18)11-21(15)16/h10-11H,5-9H2,1-4H3. The Bertz CT molecular complexity index is 678. The van der Waals surface area contributed by atoms with Crippen LogP contribution < -0.4 is 0 Å². The van der Waals surface area contributed by atoms with Crippen LogP contribution in [0.2, 0.25) is 0 Å². The summed E-state index contributed by atoms with van der Waals surface area (Å²) in [5.41, 5.74) is 3.55. The van der Waals surface area contributed by atoms with Crippen LogP contribution in [0.5, 0.6) is 0 Å². The van der Waals surface area contributed by atoms with Gasteiger partial charge in [-0.25, -0.2) is 4.98 Å². The summed E-state index contributed by atoms with van der Waals surface area (Å²) in [6, 6.07) is 2.03. The fourth-order valence-corrected chi connectivity index (χ4v) is 3.18. The Morgan fingerprint density at radius 3 is 2.73 bits per heavy atom. The molecule has 5 heteroatoms. The van der Waals surface area contributed by atoms with Crippen LogP contribution in [0.15, 0.2) is 16.7 Å². The summed E-state index contributed by atoms with van der Waals surface area (Å²) < 4.78 is 2.90. The lowest BCUT2D eigenvalue weighted by Gasteiger charge is -2.17. The third-order valence-electron chi connectivity index (χ3n) is 3.83. The van der Waals surface area contributed by atoms with Crippen LogP contribution in [0.25, 0.3) is 5.65 Å². The molecule has 2 aromatic heterocycles. The molecule has 0 aliphatic carbocycles. The highest BCUT2D eigenvalue weighted by molar-refractivity contribution is 9.10. The van der Waals surface area contributed by atoms with Crippen molar-refractivity contribution in [2.45, 2.75) is 46.5 Å². The van der Waals surface area contributed by atoms with E-state index in [1.165, 1.54) is 0 Å². The van der Waals surface area contributed by atoms with Crippen molar-refractivity contribution < 1.29 is 4.79 Å². The van der Waals surface area contributed by atoms with E-state index in [0.717, 1.165) is 53.6 Å². The van der Waals surface area contributed by atoms with Crippen LogP contribution in [-0.2, 0) is 6.42 Å². The van der Waals surface area contributed by atoms with Crippen molar-refractivity contribution in [1.82, 2.24) is 14.3 Å². The van der Waals surface area contributed by atoms with E-state index in [9.17, 15) is 4.79 Å². The van der Waals surface area contributed by atoms with Gasteiger partial charge in [-0.05, 0) is 47.3 Å². The van der Waals surface area contributed by atoms with Gasteiger partial charge in [0.05, 0.1) is 5.69 Å². The molecule has 0 bridgehead atoms. The molecule has 0 aliphatic rings. The highest BCUT2D eigenvalue weighted by Gasteiger charge is 2.22. The van der Waals surface area contributed by atoms with Crippen LogP contribution in [0.3, 0.4) is 0 Å². The number of fused-ring (bicyclic) bond motifs is 1. The van der Waals surface area contributed by atoms with Gasteiger partial charge in [0, 0.05) is 24.3 Å². The molecule has 4 nitrogen and oxygen atoms in total. The van der Waals surface area contributed by atoms with Gasteiger partial charge in [-0.3, -0.25) is 9.20 Å². The number of rotatable bonds is 6. The lowest BCUT2D eigenvalue weighted by molar-refractivity contribution is 0.0785. The van der Waals surface area contributed by atoms with Crippen molar-refractivity contribution in [2.75, 3.05) is 13.6 Å². The van der Waals surface area contributed by atoms with Gasteiger partial charge >= 0.3 is 0 Å². The molecule has 0 saturated heterocycles. The number of hydrogen-bond donors (Lipinski definition) is 0. The first-order valence-corrected chi connectivity index (χ1v) is 8.71. The predicted octanol–water partition coefficient (Wildman–Crippen LogP) is 4.23. The minimum Gasteiger partial charge on any atom is -0.340 e. The number of imidazole rings is 1. The Morgan fingerprint density at radius 1 is 1.36 bits per heavy atom. The molecule has 0 radical (unpaired) electrons. The Hall–Kier alpha value is -1.36. The number of pyridine rings is 1. The molecule has 22 heavy (non-hydrogen) atoms. The Morgan fingerprint density at radius 2 is 2.09 bits per heavy atom. The summed E-state index contributed by atoms with van der Waals surface area (Å²) in [5.74, 6) is 0.0573. The molecule has 0 spiro atoms. The van der Waals surface area contributed by atoms with Gasteiger partial charge in [0.25, 0.3) is 5.91 Å². The van der Waals surface area contributed by atoms with E-state index >= 15 is 0 Å². The number of amides is 1. The third-order valence-corrected chi connectivity index (χ3v) is 4.26. The van der Waals surface area contributed by atoms with Gasteiger partial charge in [-0.2, -0.15) is 0 Å². The smallest absolute Gasteiger partial charge is 0.272 e. The molecule has 2 heterocycles. The van der Waals surface area contributed by atoms with Gasteiger partial charge in [0.15, 0.2) is 0 Å². The molecule has 0 atom stereocenters. The van der Waals surface area contributed by atoms with Gasteiger partial charge in [0.2, 0.25) is 0 Å². The molecule has 0 N–H and O–H groups in total. The number of carbonyl (C=O) groups excluding carboxylic acids is 1. The first-order chi connectivity index (χ1) is 10.5. The van der Waals surface area contributed by atoms with E-state index in [-0.39, 0.29) is 5.91 Å². The Labute approximate surface area is 140 Å². The SMILES string of the molecule is CCCCN(C)C(=O)c1c(CCC)nc2c(C)cc(Br)cn12. The van der Waals surface area contributed by atoms with Crippen molar-refractivity contribution >= 4 is 27.5 Å². The normalized spacial score (nSPS) is 11.1. The summed E-state index contributed by atoms with van der Waals surface area (Å²) >= 11 is 3.52. The maximum absolute atomic E-state index is 12.9. The van der Waals surface area contributed by atoms with E-state index in [0.29, 0.717) is 5.69 Å². The molecule has 0 unspecified atom stereocenters. The molecule has 1 amide bonds. The predicted molar refractivity (Wildman–Crippen MR) is 93.5 cm³/mol. The highest BCUT2D eigenvalue weighted by Crippen LogP contribution is 2.22. The highest BCUT2D eigenvalue weighted by atomic mass is 79.9. The second-order valence-corrected chi connectivity index (χ2v) is 6.69. The summed E-state index contributed by atoms with van der Waals surface area (Å²) in [5, 5.41) is 0. The number of aryl methyl sites for hydroxylation is 2. The van der Waals surface area contributed by atoms with Gasteiger partial charge in [-0.1, -0.05) is 26.7 Å². The van der Waals surface area contributed by atoms with Gasteiger partial charge in [-0.15, -0.1) is 0 Å². The molecule has 0 aromatic carbocycles. The molecule has 0 saturated carbocycles. The Kier molecular flexibility index (Phi) is 5.62. The van der Waals surface area contributed by atoms with Crippen molar-refractivity contribution in [1.29, 1.82) is 0 Å². The minimum atomic E-state index is 0.0573. The zero-order chi connectivity index (χ0) is 16.3. The lowest BCUT2D eigenvalue weighted by atomic mass is 10.2. The van der Waals surface area contributed by atoms with E-state index in [2.05, 4.69) is 29.8 Å². The maximum atomic E-state index is 12.9. The minimum absolute atomic E-state index is 0.0573. The van der Waals surface area contributed by atoms with Crippen molar-refractivity contribution in [2.24, 2.45) is 0 Å². The van der Waals surface area contributed by atoms with E-state index < -0.39 is 0 Å². The summed E-state index contributed by atoms with van der Waals surface area (Å²) in [7, 11) is 1.87. The monoisotopic (exact) mass is 365 g/mol. The molecular formula is C17H24BrN3O. The van der Waals surface area contributed by atoms with Crippen molar-refractivity contribution in [3.63, 3.8) is 0 Å². The van der Waals surface area contributed by atoms with E-state index in [4.69, 9.17) is 4.98 Å². The zero-order valence-corrected chi connectivity index (χ0v) is 15.4. The number of carbonyl (C=O) groups is 1. The van der Waals surface area contributed by atoms with Gasteiger partial charge < -0.3 is 4.90 Å². The van der Waals surface area contributed by atoms with E-state index in [1.54, 1.807) is 0 Å². The summed E-state index contributed by atoms with van der Waals surface area (Å²) in [4.78, 5) is 19.4. The van der Waals surface area contributed by atoms with Crippen LogP contribution in [0.4, 0.5) is 0 Å². The molecule has 2 aromatic rings. The fraction of sp³-hybridized carbons (Fsp3) is 0.529. The van der Waals surface area contributed by atoms with Gasteiger partial charge in [0.1, 0.15) is 11.3 Å². The first kappa shape index (κ1) is 17.0. The average Bonchev–Trinajstić information content (AvgIpc) is 2.82. The summed E-state index contributed by atoms with van der Waals surface area (Å²) in [6.45, 7) is 7.05. The Balaban J connectivity index is 2.54. The fourth-order valence-electron chi connectivity index (χ4n) is 2.63. The van der Waals surface area contributed by atoms with Crippen LogP contribution in [0, 0.1) is 6.92 Å². The summed E-state index contributed by atoms with van der Waals surface area (Å²) in [6.07, 6.45) is 5.84. The van der Waals surface area contributed by atoms with E-state index in [1.807, 2.05) is 35.5 Å². The molecule has 2 rings (SSSR count). The molecule has 0 fully saturated rings. The van der Waals surface area contributed by atoms with Crippen LogP contribution in [0.1, 0.15) is 54.9 Å². The first-order valence-electron chi connectivity index (χ1n) is 7.92. The zero-order valence-electron chi connectivity index (χ0n) is 13.8.